The van der Waals surface area contributed by atoms with Crippen LogP contribution in [0.1, 0.15) is 21.6 Å². The Morgan fingerprint density at radius 1 is 1.16 bits per heavy atom. The van der Waals surface area contributed by atoms with E-state index in [0.29, 0.717) is 27.2 Å². The van der Waals surface area contributed by atoms with Gasteiger partial charge < -0.3 is 5.32 Å². The second-order valence-electron chi connectivity index (χ2n) is 6.82. The van der Waals surface area contributed by atoms with Crippen LogP contribution in [0.4, 0.5) is 11.5 Å². The van der Waals surface area contributed by atoms with Crippen molar-refractivity contribution in [3.8, 4) is 16.4 Å². The Bertz CT molecular complexity index is 1300. The Morgan fingerprint density at radius 2 is 1.90 bits per heavy atom. The number of nitro groups is 1. The van der Waals surface area contributed by atoms with Crippen molar-refractivity contribution in [2.24, 2.45) is 0 Å². The van der Waals surface area contributed by atoms with Crippen LogP contribution in [0.5, 0.6) is 0 Å². The maximum atomic E-state index is 12.7. The predicted molar refractivity (Wildman–Crippen MR) is 120 cm³/mol. The molecule has 0 atom stereocenters. The number of halogens is 1. The molecule has 0 saturated heterocycles. The second kappa shape index (κ2) is 8.29. The summed E-state index contributed by atoms with van der Waals surface area (Å²) >= 11 is 7.33. The molecule has 2 aromatic carbocycles. The molecule has 0 bridgehead atoms. The first-order valence-corrected chi connectivity index (χ1v) is 10.4. The Labute approximate surface area is 186 Å². The van der Waals surface area contributed by atoms with Crippen molar-refractivity contribution in [1.82, 2.24) is 14.8 Å². The van der Waals surface area contributed by atoms with Crippen molar-refractivity contribution in [3.05, 3.63) is 85.9 Å². The monoisotopic (exact) mass is 453 g/mol. The van der Waals surface area contributed by atoms with Gasteiger partial charge in [0.2, 0.25) is 5.13 Å². The summed E-state index contributed by atoms with van der Waals surface area (Å²) < 4.78 is 1.54. The molecule has 2 aromatic heterocycles. The van der Waals surface area contributed by atoms with E-state index in [1.807, 2.05) is 17.5 Å². The van der Waals surface area contributed by atoms with Gasteiger partial charge in [0, 0.05) is 39.2 Å². The molecule has 1 amide bonds. The lowest BCUT2D eigenvalue weighted by Crippen LogP contribution is -2.15. The number of aryl methyl sites for hydroxylation is 2. The summed E-state index contributed by atoms with van der Waals surface area (Å²) in [4.78, 5) is 28.0. The van der Waals surface area contributed by atoms with Gasteiger partial charge in [-0.05, 0) is 32.0 Å². The number of benzene rings is 2. The number of hydrogen-bond acceptors (Lipinski definition) is 6. The summed E-state index contributed by atoms with van der Waals surface area (Å²) in [6.45, 7) is 3.43. The molecule has 4 rings (SSSR count). The van der Waals surface area contributed by atoms with Crippen LogP contribution in [-0.2, 0) is 0 Å². The third-order valence-electron chi connectivity index (χ3n) is 4.55. The summed E-state index contributed by atoms with van der Waals surface area (Å²) in [5.74, 6) is -0.0542. The number of aromatic nitrogens is 3. The molecule has 0 spiro atoms. The van der Waals surface area contributed by atoms with E-state index in [2.05, 4.69) is 15.4 Å². The zero-order valence-electron chi connectivity index (χ0n) is 16.5. The molecule has 1 N–H and O–H groups in total. The Morgan fingerprint density at radius 3 is 2.61 bits per heavy atom. The van der Waals surface area contributed by atoms with Crippen LogP contribution in [0.25, 0.3) is 16.4 Å². The molecule has 10 heteroatoms. The fourth-order valence-electron chi connectivity index (χ4n) is 2.98. The van der Waals surface area contributed by atoms with Crippen molar-refractivity contribution in [1.29, 1.82) is 0 Å². The van der Waals surface area contributed by atoms with Gasteiger partial charge in [-0.2, -0.15) is 9.78 Å². The maximum absolute atomic E-state index is 12.7. The molecule has 8 nitrogen and oxygen atoms in total. The van der Waals surface area contributed by atoms with Gasteiger partial charge in [-0.25, -0.2) is 4.98 Å². The van der Waals surface area contributed by atoms with Gasteiger partial charge in [-0.3, -0.25) is 14.9 Å². The first kappa shape index (κ1) is 20.7. The van der Waals surface area contributed by atoms with Crippen LogP contribution in [0, 0.1) is 24.0 Å². The Balaban J connectivity index is 1.63. The number of hydrogen-bond donors (Lipinski definition) is 1. The minimum atomic E-state index is -0.506. The number of carbonyl (C=O) groups excluding carboxylic acids is 1. The largest absolute Gasteiger partial charge is 0.306 e. The molecule has 31 heavy (non-hydrogen) atoms. The summed E-state index contributed by atoms with van der Waals surface area (Å²) in [6.07, 6.45) is 0. The topological polar surface area (TPSA) is 103 Å². The summed E-state index contributed by atoms with van der Waals surface area (Å²) in [6, 6.07) is 13.4. The van der Waals surface area contributed by atoms with Crippen LogP contribution in [0.3, 0.4) is 0 Å². The third-order valence-corrected chi connectivity index (χ3v) is 5.62. The third kappa shape index (κ3) is 4.32. The first-order valence-electron chi connectivity index (χ1n) is 9.17. The average molecular weight is 454 g/mol. The van der Waals surface area contributed by atoms with E-state index in [-0.39, 0.29) is 11.3 Å². The molecule has 4 aromatic rings. The fourth-order valence-corrected chi connectivity index (χ4v) is 3.91. The number of rotatable bonds is 5. The van der Waals surface area contributed by atoms with Crippen LogP contribution < -0.4 is 5.32 Å². The highest BCUT2D eigenvalue weighted by Crippen LogP contribution is 2.28. The van der Waals surface area contributed by atoms with E-state index in [1.165, 1.54) is 17.4 Å². The molecular weight excluding hydrogens is 438 g/mol. The van der Waals surface area contributed by atoms with Crippen LogP contribution in [0.15, 0.2) is 53.9 Å². The summed E-state index contributed by atoms with van der Waals surface area (Å²) in [5, 5.41) is 21.5. The van der Waals surface area contributed by atoms with Crippen molar-refractivity contribution >= 4 is 40.4 Å². The molecule has 0 unspecified atom stereocenters. The number of nitrogens with one attached hydrogen (secondary N) is 1. The van der Waals surface area contributed by atoms with Gasteiger partial charge in [0.05, 0.1) is 16.3 Å². The molecule has 0 aliphatic heterocycles. The number of nitro benzene ring substituents is 1. The molecule has 0 aliphatic carbocycles. The molecule has 0 fully saturated rings. The van der Waals surface area contributed by atoms with E-state index in [4.69, 9.17) is 11.6 Å². The van der Waals surface area contributed by atoms with Gasteiger partial charge in [0.15, 0.2) is 0 Å². The van der Waals surface area contributed by atoms with Crippen molar-refractivity contribution in [3.63, 3.8) is 0 Å². The van der Waals surface area contributed by atoms with Gasteiger partial charge in [-0.1, -0.05) is 29.8 Å². The highest BCUT2D eigenvalue weighted by molar-refractivity contribution is 7.12. The number of nitrogens with zero attached hydrogens (tertiary/aromatic N) is 4. The van der Waals surface area contributed by atoms with Crippen molar-refractivity contribution in [2.75, 3.05) is 5.32 Å². The predicted octanol–water partition coefficient (Wildman–Crippen LogP) is 5.43. The zero-order valence-corrected chi connectivity index (χ0v) is 18.1. The zero-order chi connectivity index (χ0) is 22.1. The van der Waals surface area contributed by atoms with E-state index in [9.17, 15) is 14.9 Å². The number of carbonyl (C=O) groups is 1. The van der Waals surface area contributed by atoms with E-state index in [1.54, 1.807) is 48.9 Å². The normalized spacial score (nSPS) is 10.8. The van der Waals surface area contributed by atoms with E-state index >= 15 is 0 Å². The summed E-state index contributed by atoms with van der Waals surface area (Å²) in [7, 11) is 0. The van der Waals surface area contributed by atoms with E-state index < -0.39 is 10.8 Å². The Hall–Kier alpha value is -3.56. The standard InChI is InChI=1S/C21H16ClN5O3S/c1-12-3-4-15(10-18(12)27(29)30)20(28)24-19-9-13(2)25-26(19)21-23-17(11-31-21)14-5-7-16(22)8-6-14/h3-11H,1-2H3,(H,24,28). The molecule has 0 saturated carbocycles. The highest BCUT2D eigenvalue weighted by Gasteiger charge is 2.18. The van der Waals surface area contributed by atoms with Crippen LogP contribution in [-0.4, -0.2) is 25.6 Å². The fraction of sp³-hybridized carbons (Fsp3) is 0.0952. The van der Waals surface area contributed by atoms with Gasteiger partial charge in [0.25, 0.3) is 11.6 Å². The number of thiazole rings is 1. The minimum Gasteiger partial charge on any atom is -0.306 e. The molecule has 0 radical (unpaired) electrons. The first-order chi connectivity index (χ1) is 14.8. The second-order valence-corrected chi connectivity index (χ2v) is 8.09. The lowest BCUT2D eigenvalue weighted by Gasteiger charge is -2.07. The van der Waals surface area contributed by atoms with Gasteiger partial charge in [-0.15, -0.1) is 11.3 Å². The Kier molecular flexibility index (Phi) is 5.53. The molecule has 0 aliphatic rings. The molecule has 2 heterocycles. The van der Waals surface area contributed by atoms with Crippen LogP contribution in [0.2, 0.25) is 5.02 Å². The average Bonchev–Trinajstić information content (AvgIpc) is 3.35. The number of anilines is 1. The van der Waals surface area contributed by atoms with Gasteiger partial charge >= 0.3 is 0 Å². The SMILES string of the molecule is Cc1cc(NC(=O)c2ccc(C)c([N+](=O)[O-])c2)n(-c2nc(-c3ccc(Cl)cc3)cs2)n1. The van der Waals surface area contributed by atoms with Crippen molar-refractivity contribution in [2.45, 2.75) is 13.8 Å². The minimum absolute atomic E-state index is 0.107. The molecular formula is C21H16ClN5O3S. The van der Waals surface area contributed by atoms with Crippen LogP contribution >= 0.6 is 22.9 Å². The lowest BCUT2D eigenvalue weighted by molar-refractivity contribution is -0.385. The smallest absolute Gasteiger partial charge is 0.273 e. The maximum Gasteiger partial charge on any atom is 0.273 e. The van der Waals surface area contributed by atoms with E-state index in [0.717, 1.165) is 11.3 Å². The summed E-state index contributed by atoms with van der Waals surface area (Å²) in [5.41, 5.74) is 2.92. The quantitative estimate of drug-likeness (QED) is 0.320. The van der Waals surface area contributed by atoms with Gasteiger partial charge in [0.1, 0.15) is 5.82 Å². The lowest BCUT2D eigenvalue weighted by atomic mass is 10.1. The highest BCUT2D eigenvalue weighted by atomic mass is 35.5. The molecule has 156 valence electrons. The number of amides is 1. The van der Waals surface area contributed by atoms with Crippen molar-refractivity contribution < 1.29 is 9.72 Å².